The number of H-pyrrole nitrogens is 1. The van der Waals surface area contributed by atoms with Crippen molar-refractivity contribution in [3.05, 3.63) is 46.4 Å². The number of rotatable bonds is 4. The number of nitrogens with zero attached hydrogens (tertiary/aromatic N) is 4. The van der Waals surface area contributed by atoms with Crippen molar-refractivity contribution in [2.75, 3.05) is 20.2 Å². The van der Waals surface area contributed by atoms with Crippen LogP contribution in [-0.2, 0) is 6.54 Å². The van der Waals surface area contributed by atoms with Crippen molar-refractivity contribution >= 4 is 5.78 Å². The fourth-order valence-electron chi connectivity index (χ4n) is 3.23. The van der Waals surface area contributed by atoms with Gasteiger partial charge in [0.2, 0.25) is 0 Å². The summed E-state index contributed by atoms with van der Waals surface area (Å²) in [5.41, 5.74) is 1.52. The number of hydrogen-bond donors (Lipinski definition) is 1. The Kier molecular flexibility index (Phi) is 4.23. The van der Waals surface area contributed by atoms with E-state index in [0.717, 1.165) is 30.1 Å². The van der Waals surface area contributed by atoms with E-state index >= 15 is 0 Å². The molecule has 0 amide bonds. The molecule has 1 aromatic carbocycles. The first-order valence-electron chi connectivity index (χ1n) is 8.58. The third-order valence-corrected chi connectivity index (χ3v) is 4.58. The molecule has 0 saturated carbocycles. The molecule has 0 spiro atoms. The van der Waals surface area contributed by atoms with Crippen LogP contribution in [0.1, 0.15) is 25.0 Å². The number of nitrogens with one attached hydrogen (secondary N) is 1. The Morgan fingerprint density at radius 3 is 2.60 bits per heavy atom. The van der Waals surface area contributed by atoms with Crippen molar-refractivity contribution in [2.24, 2.45) is 0 Å². The minimum atomic E-state index is -0.135. The van der Waals surface area contributed by atoms with Gasteiger partial charge >= 0.3 is 0 Å². The topological polar surface area (TPSA) is 75.5 Å². The number of hydrogen-bond acceptors (Lipinski definition) is 5. The third kappa shape index (κ3) is 3.28. The summed E-state index contributed by atoms with van der Waals surface area (Å²) < 4.78 is 6.56. The first-order chi connectivity index (χ1) is 12.2. The van der Waals surface area contributed by atoms with Gasteiger partial charge in [-0.05, 0) is 50.2 Å². The third-order valence-electron chi connectivity index (χ3n) is 4.58. The highest BCUT2D eigenvalue weighted by atomic mass is 16.5. The summed E-state index contributed by atoms with van der Waals surface area (Å²) in [5.74, 6) is 1.80. The highest BCUT2D eigenvalue weighted by Crippen LogP contribution is 2.19. The molecule has 7 nitrogen and oxygen atoms in total. The highest BCUT2D eigenvalue weighted by molar-refractivity contribution is 5.58. The number of methoxy groups -OCH3 is 1. The summed E-state index contributed by atoms with van der Waals surface area (Å²) >= 11 is 0. The summed E-state index contributed by atoms with van der Waals surface area (Å²) in [5, 5.41) is 3.02. The number of benzene rings is 1. The van der Waals surface area contributed by atoms with Gasteiger partial charge in [-0.15, -0.1) is 0 Å². The van der Waals surface area contributed by atoms with Gasteiger partial charge < -0.3 is 4.74 Å². The Morgan fingerprint density at radius 2 is 1.88 bits per heavy atom. The molecule has 0 unspecified atom stereocenters. The van der Waals surface area contributed by atoms with E-state index in [-0.39, 0.29) is 5.56 Å². The number of aromatic amines is 1. The van der Waals surface area contributed by atoms with Crippen LogP contribution in [0.3, 0.4) is 0 Å². The maximum absolute atomic E-state index is 12.4. The van der Waals surface area contributed by atoms with Crippen LogP contribution in [0.2, 0.25) is 0 Å². The van der Waals surface area contributed by atoms with Crippen molar-refractivity contribution < 1.29 is 4.74 Å². The maximum Gasteiger partial charge on any atom is 0.274 e. The second-order valence-electron chi connectivity index (χ2n) is 6.36. The van der Waals surface area contributed by atoms with Crippen LogP contribution >= 0.6 is 0 Å². The second kappa shape index (κ2) is 6.68. The molecule has 0 atom stereocenters. The second-order valence-corrected chi connectivity index (χ2v) is 6.36. The molecule has 3 aromatic rings. The summed E-state index contributed by atoms with van der Waals surface area (Å²) in [6, 6.07) is 9.12. The van der Waals surface area contributed by atoms with Crippen molar-refractivity contribution in [1.29, 1.82) is 0 Å². The van der Waals surface area contributed by atoms with Crippen LogP contribution in [0.25, 0.3) is 17.2 Å². The molecule has 1 aliphatic rings. The van der Waals surface area contributed by atoms with Crippen molar-refractivity contribution in [3.63, 3.8) is 0 Å². The molecule has 1 N–H and O–H groups in total. The molecule has 0 radical (unpaired) electrons. The van der Waals surface area contributed by atoms with Crippen LogP contribution in [0.5, 0.6) is 5.75 Å². The molecule has 0 bridgehead atoms. The van der Waals surface area contributed by atoms with E-state index in [0.29, 0.717) is 18.1 Å². The van der Waals surface area contributed by atoms with Crippen LogP contribution < -0.4 is 10.3 Å². The molecule has 3 heterocycles. The smallest absolute Gasteiger partial charge is 0.274 e. The maximum atomic E-state index is 12.4. The van der Waals surface area contributed by atoms with E-state index in [9.17, 15) is 4.79 Å². The lowest BCUT2D eigenvalue weighted by Gasteiger charge is -2.25. The Balaban J connectivity index is 1.65. The monoisotopic (exact) mass is 339 g/mol. The standard InChI is InChI=1S/C18H21N5O2/c1-25-15-7-5-13(6-8-15)17-20-18-19-14(11-16(24)23(18)21-17)12-22-9-3-2-4-10-22/h5-8,11H,2-4,9-10,12H2,1H3,(H,19,20,21). The predicted octanol–water partition coefficient (Wildman–Crippen LogP) is 2.08. The largest absolute Gasteiger partial charge is 0.497 e. The lowest BCUT2D eigenvalue weighted by Crippen LogP contribution is -2.30. The van der Waals surface area contributed by atoms with Gasteiger partial charge in [-0.2, -0.15) is 9.50 Å². The quantitative estimate of drug-likeness (QED) is 0.788. The van der Waals surface area contributed by atoms with Gasteiger partial charge in [0.05, 0.1) is 12.8 Å². The Hall–Kier alpha value is -2.67. The van der Waals surface area contributed by atoms with Gasteiger partial charge in [0.15, 0.2) is 5.82 Å². The number of aromatic nitrogens is 4. The molecule has 1 saturated heterocycles. The van der Waals surface area contributed by atoms with Gasteiger partial charge in [0.25, 0.3) is 11.3 Å². The average Bonchev–Trinajstić information content (AvgIpc) is 3.07. The Bertz CT molecular complexity index is 923. The van der Waals surface area contributed by atoms with Crippen molar-refractivity contribution in [2.45, 2.75) is 25.8 Å². The van der Waals surface area contributed by atoms with Crippen LogP contribution in [0.4, 0.5) is 0 Å². The molecule has 0 aliphatic carbocycles. The number of ether oxygens (including phenoxy) is 1. The van der Waals surface area contributed by atoms with E-state index < -0.39 is 0 Å². The molecule has 1 fully saturated rings. The van der Waals surface area contributed by atoms with E-state index in [1.165, 1.54) is 23.8 Å². The zero-order valence-electron chi connectivity index (χ0n) is 14.2. The average molecular weight is 339 g/mol. The molecule has 1 aliphatic heterocycles. The van der Waals surface area contributed by atoms with E-state index in [1.807, 2.05) is 24.3 Å². The number of piperidine rings is 1. The number of likely N-dealkylation sites (tertiary alicyclic amines) is 1. The van der Waals surface area contributed by atoms with Gasteiger partial charge in [0.1, 0.15) is 5.75 Å². The molecular formula is C18H21N5O2. The predicted molar refractivity (Wildman–Crippen MR) is 94.7 cm³/mol. The normalized spacial score (nSPS) is 15.6. The van der Waals surface area contributed by atoms with Crippen molar-refractivity contribution in [1.82, 2.24) is 24.5 Å². The fraction of sp³-hybridized carbons (Fsp3) is 0.389. The number of fused-ring (bicyclic) bond motifs is 1. The molecule has 25 heavy (non-hydrogen) atoms. The first-order valence-corrected chi connectivity index (χ1v) is 8.58. The van der Waals surface area contributed by atoms with Gasteiger partial charge in [-0.25, -0.2) is 4.98 Å². The molecular weight excluding hydrogens is 318 g/mol. The van der Waals surface area contributed by atoms with E-state index in [2.05, 4.69) is 20.0 Å². The van der Waals surface area contributed by atoms with Gasteiger partial charge in [0, 0.05) is 18.2 Å². The SMILES string of the molecule is COc1ccc(-c2nc3nc(CN4CCCCC4)cc(=O)n3[nH]2)cc1. The van der Waals surface area contributed by atoms with E-state index in [1.54, 1.807) is 13.2 Å². The Morgan fingerprint density at radius 1 is 1.12 bits per heavy atom. The molecule has 4 rings (SSSR count). The summed E-state index contributed by atoms with van der Waals surface area (Å²) in [6.45, 7) is 2.84. The van der Waals surface area contributed by atoms with Crippen molar-refractivity contribution in [3.8, 4) is 17.1 Å². The fourth-order valence-corrected chi connectivity index (χ4v) is 3.23. The summed E-state index contributed by atoms with van der Waals surface area (Å²) in [7, 11) is 1.63. The van der Waals surface area contributed by atoms with Crippen LogP contribution in [0.15, 0.2) is 35.1 Å². The van der Waals surface area contributed by atoms with E-state index in [4.69, 9.17) is 4.74 Å². The molecule has 7 heteroatoms. The lowest BCUT2D eigenvalue weighted by atomic mass is 10.1. The lowest BCUT2D eigenvalue weighted by molar-refractivity contribution is 0.218. The Labute approximate surface area is 145 Å². The molecule has 130 valence electrons. The zero-order valence-corrected chi connectivity index (χ0v) is 14.2. The molecule has 2 aromatic heterocycles. The van der Waals surface area contributed by atoms with Gasteiger partial charge in [-0.3, -0.25) is 14.8 Å². The summed E-state index contributed by atoms with van der Waals surface area (Å²) in [4.78, 5) is 23.8. The zero-order chi connectivity index (χ0) is 17.2. The van der Waals surface area contributed by atoms with Crippen LogP contribution in [0, 0.1) is 0 Å². The highest BCUT2D eigenvalue weighted by Gasteiger charge is 2.14. The first kappa shape index (κ1) is 15.8. The van der Waals surface area contributed by atoms with Gasteiger partial charge in [-0.1, -0.05) is 6.42 Å². The minimum Gasteiger partial charge on any atom is -0.497 e. The summed E-state index contributed by atoms with van der Waals surface area (Å²) in [6.07, 6.45) is 3.71. The van der Waals surface area contributed by atoms with Crippen LogP contribution in [-0.4, -0.2) is 44.7 Å². The minimum absolute atomic E-state index is 0.135.